The number of aromatic nitrogens is 3. The van der Waals surface area contributed by atoms with Gasteiger partial charge in [-0.1, -0.05) is 69.6 Å². The van der Waals surface area contributed by atoms with Gasteiger partial charge in [0.2, 0.25) is 14.0 Å². The van der Waals surface area contributed by atoms with Gasteiger partial charge in [-0.2, -0.15) is 0 Å². The van der Waals surface area contributed by atoms with Gasteiger partial charge in [0.1, 0.15) is 5.75 Å². The maximum atomic E-state index is 11.7. The number of hydrogen-bond acceptors (Lipinski definition) is 5. The molecule has 1 heterocycles. The predicted octanol–water partition coefficient (Wildman–Crippen LogP) is 6.50. The predicted molar refractivity (Wildman–Crippen MR) is 125 cm³/mol. The third kappa shape index (κ3) is 5.83. The molecule has 0 saturated heterocycles. The molecule has 0 aliphatic heterocycles. The Hall–Kier alpha value is -1.54. The maximum Gasteiger partial charge on any atom is 0.250 e. The van der Waals surface area contributed by atoms with Crippen LogP contribution in [-0.2, 0) is 12.4 Å². The summed E-state index contributed by atoms with van der Waals surface area (Å²) in [4.78, 5) is 25.4. The average molecular weight is 541 g/mol. The Morgan fingerprint density at radius 2 is 1.23 bits per heavy atom. The minimum Gasteiger partial charge on any atom is -0.497 e. The van der Waals surface area contributed by atoms with Crippen LogP contribution >= 0.6 is 69.6 Å². The lowest BCUT2D eigenvalue weighted by molar-refractivity contribution is -0.106. The largest absolute Gasteiger partial charge is 0.497 e. The Kier molecular flexibility index (Phi) is 7.41. The van der Waals surface area contributed by atoms with Crippen LogP contribution in [0.1, 0.15) is 11.6 Å². The topological polar surface area (TPSA) is 68.2 Å². The van der Waals surface area contributed by atoms with Crippen LogP contribution in [0.25, 0.3) is 11.4 Å². The fourth-order valence-corrected chi connectivity index (χ4v) is 3.05. The fourth-order valence-electron chi connectivity index (χ4n) is 2.54. The van der Waals surface area contributed by atoms with E-state index < -0.39 is 7.59 Å². The lowest BCUT2D eigenvalue weighted by Gasteiger charge is -2.19. The highest BCUT2D eigenvalue weighted by molar-refractivity contribution is 6.67. The first-order chi connectivity index (χ1) is 14.5. The van der Waals surface area contributed by atoms with Crippen LogP contribution < -0.4 is 9.64 Å². The van der Waals surface area contributed by atoms with Crippen LogP contribution in [0.5, 0.6) is 5.75 Å². The highest BCUT2D eigenvalue weighted by atomic mass is 35.6. The number of rotatable bonds is 5. The molecule has 12 heteroatoms. The van der Waals surface area contributed by atoms with E-state index in [1.807, 2.05) is 0 Å². The van der Waals surface area contributed by atoms with Gasteiger partial charge in [-0.05, 0) is 48.5 Å². The highest BCUT2D eigenvalue weighted by Crippen LogP contribution is 2.41. The minimum atomic E-state index is -1.95. The van der Waals surface area contributed by atoms with Crippen LogP contribution in [-0.4, -0.2) is 28.5 Å². The van der Waals surface area contributed by atoms with E-state index in [1.165, 1.54) is 4.90 Å². The first-order valence-corrected chi connectivity index (χ1v) is 10.7. The zero-order valence-corrected chi connectivity index (χ0v) is 20.1. The zero-order chi connectivity index (χ0) is 22.8. The van der Waals surface area contributed by atoms with E-state index in [-0.39, 0.29) is 17.5 Å². The van der Waals surface area contributed by atoms with Crippen molar-refractivity contribution in [1.82, 2.24) is 15.0 Å². The van der Waals surface area contributed by atoms with Crippen LogP contribution in [0.15, 0.2) is 48.5 Å². The van der Waals surface area contributed by atoms with E-state index in [9.17, 15) is 4.79 Å². The smallest absolute Gasteiger partial charge is 0.250 e. The van der Waals surface area contributed by atoms with Crippen molar-refractivity contribution in [3.8, 4) is 17.1 Å². The van der Waals surface area contributed by atoms with Gasteiger partial charge < -0.3 is 4.74 Å². The number of amides is 1. The molecular formula is C19H12Cl6N4O2. The van der Waals surface area contributed by atoms with Crippen molar-refractivity contribution in [3.63, 3.8) is 0 Å². The molecule has 0 bridgehead atoms. The number of carbonyl (C=O) groups is 1. The van der Waals surface area contributed by atoms with Crippen LogP contribution in [0, 0.1) is 0 Å². The molecule has 1 aromatic heterocycles. The fraction of sp³-hybridized carbons (Fsp3) is 0.158. The number of hydrogen-bond donors (Lipinski definition) is 0. The summed E-state index contributed by atoms with van der Waals surface area (Å²) < 4.78 is 1.23. The number of alkyl halides is 6. The van der Waals surface area contributed by atoms with E-state index in [2.05, 4.69) is 15.0 Å². The molecule has 0 unspecified atom stereocenters. The summed E-state index contributed by atoms with van der Waals surface area (Å²) in [5.74, 6) is 0.418. The lowest BCUT2D eigenvalue weighted by Crippen LogP contribution is -2.17. The van der Waals surface area contributed by atoms with E-state index in [0.717, 1.165) is 0 Å². The van der Waals surface area contributed by atoms with Gasteiger partial charge in [0.25, 0.3) is 0 Å². The summed E-state index contributed by atoms with van der Waals surface area (Å²) in [5, 5.41) is 0. The third-order valence-electron chi connectivity index (χ3n) is 4.00. The lowest BCUT2D eigenvalue weighted by atomic mass is 10.1. The summed E-state index contributed by atoms with van der Waals surface area (Å²) in [7, 11) is 1.56. The standard InChI is InChI=1S/C19H12Cl6N4O2/c1-31-14-8-6-13(7-9-14)29(10-30)12-4-2-11(3-5-12)15-26-16(18(20,21)22)28-17(27-15)19(23,24)25/h2-10H,1H3. The van der Waals surface area contributed by atoms with Crippen molar-refractivity contribution in [1.29, 1.82) is 0 Å². The van der Waals surface area contributed by atoms with Crippen molar-refractivity contribution in [2.24, 2.45) is 0 Å². The summed E-state index contributed by atoms with van der Waals surface area (Å²) in [6, 6.07) is 13.8. The molecule has 31 heavy (non-hydrogen) atoms. The van der Waals surface area contributed by atoms with E-state index in [4.69, 9.17) is 74.3 Å². The van der Waals surface area contributed by atoms with Crippen LogP contribution in [0.4, 0.5) is 11.4 Å². The zero-order valence-electron chi connectivity index (χ0n) is 15.6. The van der Waals surface area contributed by atoms with Gasteiger partial charge in [0, 0.05) is 16.9 Å². The summed E-state index contributed by atoms with van der Waals surface area (Å²) >= 11 is 35.5. The molecule has 0 aliphatic rings. The monoisotopic (exact) mass is 538 g/mol. The Labute approximate surface area is 208 Å². The highest BCUT2D eigenvalue weighted by Gasteiger charge is 2.34. The summed E-state index contributed by atoms with van der Waals surface area (Å²) in [6.07, 6.45) is 0.696. The molecule has 2 aromatic carbocycles. The molecule has 0 N–H and O–H groups in total. The first kappa shape index (κ1) is 24.1. The molecule has 162 valence electrons. The summed E-state index contributed by atoms with van der Waals surface area (Å²) in [5.41, 5.74) is 1.78. The molecule has 3 rings (SSSR count). The maximum absolute atomic E-state index is 11.7. The number of benzene rings is 2. The van der Waals surface area contributed by atoms with Gasteiger partial charge in [-0.25, -0.2) is 15.0 Å². The number of anilines is 2. The van der Waals surface area contributed by atoms with E-state index >= 15 is 0 Å². The van der Waals surface area contributed by atoms with E-state index in [0.29, 0.717) is 29.1 Å². The SMILES string of the molecule is COc1ccc(N(C=O)c2ccc(-c3nc(C(Cl)(Cl)Cl)nc(C(Cl)(Cl)Cl)n3)cc2)cc1. The van der Waals surface area contributed by atoms with Gasteiger partial charge in [0.05, 0.1) is 7.11 Å². The molecule has 0 saturated carbocycles. The number of halogens is 6. The molecule has 1 amide bonds. The van der Waals surface area contributed by atoms with Crippen molar-refractivity contribution in [2.75, 3.05) is 12.0 Å². The molecule has 0 radical (unpaired) electrons. The third-order valence-corrected chi connectivity index (χ3v) is 5.02. The molecule has 0 fully saturated rings. The number of ether oxygens (including phenoxy) is 1. The van der Waals surface area contributed by atoms with Crippen LogP contribution in [0.2, 0.25) is 0 Å². The van der Waals surface area contributed by atoms with Crippen molar-refractivity contribution in [3.05, 3.63) is 60.2 Å². The average Bonchev–Trinajstić information content (AvgIpc) is 2.74. The van der Waals surface area contributed by atoms with Crippen LogP contribution in [0.3, 0.4) is 0 Å². The Morgan fingerprint density at radius 3 is 1.61 bits per heavy atom. The second-order valence-corrected chi connectivity index (χ2v) is 10.6. The first-order valence-electron chi connectivity index (χ1n) is 8.42. The molecule has 0 atom stereocenters. The van der Waals surface area contributed by atoms with Gasteiger partial charge in [0.15, 0.2) is 17.5 Å². The molecule has 0 aliphatic carbocycles. The number of methoxy groups -OCH3 is 1. The molecule has 6 nitrogen and oxygen atoms in total. The normalized spacial score (nSPS) is 11.8. The van der Waals surface area contributed by atoms with Gasteiger partial charge in [-0.3, -0.25) is 9.69 Å². The van der Waals surface area contributed by atoms with Crippen molar-refractivity contribution in [2.45, 2.75) is 7.59 Å². The quantitative estimate of drug-likeness (QED) is 0.273. The van der Waals surface area contributed by atoms with Gasteiger partial charge >= 0.3 is 0 Å². The van der Waals surface area contributed by atoms with Gasteiger partial charge in [-0.15, -0.1) is 0 Å². The Morgan fingerprint density at radius 1 is 0.774 bits per heavy atom. The van der Waals surface area contributed by atoms with Crippen molar-refractivity contribution < 1.29 is 9.53 Å². The molecule has 3 aromatic rings. The number of nitrogens with zero attached hydrogens (tertiary/aromatic N) is 4. The molecule has 0 spiro atoms. The van der Waals surface area contributed by atoms with Crippen molar-refractivity contribution >= 4 is 87.4 Å². The minimum absolute atomic E-state index is 0.131. The van der Waals surface area contributed by atoms with E-state index in [1.54, 1.807) is 55.6 Å². The number of carbonyl (C=O) groups excluding carboxylic acids is 1. The Balaban J connectivity index is 1.99. The second-order valence-electron chi connectivity index (χ2n) is 6.02. The Bertz CT molecular complexity index is 1030. The molecular weight excluding hydrogens is 529 g/mol. The second kappa shape index (κ2) is 9.53. The summed E-state index contributed by atoms with van der Waals surface area (Å²) in [6.45, 7) is 0.